The van der Waals surface area contributed by atoms with E-state index in [4.69, 9.17) is 15.7 Å². The van der Waals surface area contributed by atoms with Gasteiger partial charge in [0.25, 0.3) is 0 Å². The smallest absolute Gasteiger partial charge is 0.153 e. The molecular formula is C15H22FN3O2. The first-order chi connectivity index (χ1) is 10.1. The van der Waals surface area contributed by atoms with Gasteiger partial charge in [-0.3, -0.25) is 4.90 Å². The fourth-order valence-electron chi connectivity index (χ4n) is 2.83. The Hall–Kier alpha value is -1.82. The minimum atomic E-state index is -0.295. The van der Waals surface area contributed by atoms with Crippen LogP contribution < -0.4 is 10.5 Å². The number of hydrogen-bond acceptors (Lipinski definition) is 4. The highest BCUT2D eigenvalue weighted by Gasteiger charge is 2.24. The number of rotatable bonds is 6. The number of halogens is 1. The summed E-state index contributed by atoms with van der Waals surface area (Å²) in [7, 11) is 1.51. The van der Waals surface area contributed by atoms with Gasteiger partial charge in [0.05, 0.1) is 13.7 Å². The zero-order valence-corrected chi connectivity index (χ0v) is 12.3. The molecular weight excluding hydrogens is 273 g/mol. The molecule has 3 N–H and O–H groups in total. The summed E-state index contributed by atoms with van der Waals surface area (Å²) < 4.78 is 19.1. The summed E-state index contributed by atoms with van der Waals surface area (Å²) in [6.45, 7) is 0.781. The van der Waals surface area contributed by atoms with E-state index in [0.717, 1.165) is 12.8 Å². The second-order valence-electron chi connectivity index (χ2n) is 5.39. The van der Waals surface area contributed by atoms with Crippen LogP contribution in [0.3, 0.4) is 0 Å². The average Bonchev–Trinajstić information content (AvgIpc) is 3.02. The number of ether oxygens (including phenoxy) is 1. The van der Waals surface area contributed by atoms with Crippen molar-refractivity contribution in [3.63, 3.8) is 0 Å². The van der Waals surface area contributed by atoms with Crippen LogP contribution >= 0.6 is 0 Å². The lowest BCUT2D eigenvalue weighted by atomic mass is 10.1. The van der Waals surface area contributed by atoms with Crippen molar-refractivity contribution in [2.75, 3.05) is 13.7 Å². The predicted octanol–water partition coefficient (Wildman–Crippen LogP) is 2.33. The van der Waals surface area contributed by atoms with Crippen LogP contribution in [0.4, 0.5) is 4.39 Å². The topological polar surface area (TPSA) is 71.1 Å². The van der Waals surface area contributed by atoms with Crippen molar-refractivity contribution in [2.24, 2.45) is 10.9 Å². The number of hydrogen-bond donors (Lipinski definition) is 2. The fraction of sp³-hybridized carbons (Fsp3) is 0.533. The zero-order valence-electron chi connectivity index (χ0n) is 12.3. The Balaban J connectivity index is 2.13. The lowest BCUT2D eigenvalue weighted by Gasteiger charge is -2.28. The standard InChI is InChI=1S/C15H22FN3O2/c1-21-13-7-6-11(14(16)8-13)9-19(10-15(17)18-20)12-4-2-3-5-12/h6-8,12,20H,2-5,9-10H2,1H3,(H2,17,18). The summed E-state index contributed by atoms with van der Waals surface area (Å²) in [5.74, 6) is 0.354. The minimum Gasteiger partial charge on any atom is -0.497 e. The summed E-state index contributed by atoms with van der Waals surface area (Å²) >= 11 is 0. The molecule has 2 rings (SSSR count). The Kier molecular flexibility index (Phi) is 5.38. The third kappa shape index (κ3) is 4.07. The number of oxime groups is 1. The van der Waals surface area contributed by atoms with E-state index in [1.807, 2.05) is 0 Å². The molecule has 21 heavy (non-hydrogen) atoms. The molecule has 0 atom stereocenters. The maximum Gasteiger partial charge on any atom is 0.153 e. The van der Waals surface area contributed by atoms with Crippen LogP contribution in [0.15, 0.2) is 23.4 Å². The highest BCUT2D eigenvalue weighted by Crippen LogP contribution is 2.26. The highest BCUT2D eigenvalue weighted by molar-refractivity contribution is 5.81. The number of nitrogens with two attached hydrogens (primary N) is 1. The van der Waals surface area contributed by atoms with E-state index >= 15 is 0 Å². The van der Waals surface area contributed by atoms with E-state index in [9.17, 15) is 4.39 Å². The van der Waals surface area contributed by atoms with Crippen LogP contribution in [0.1, 0.15) is 31.2 Å². The molecule has 1 fully saturated rings. The second-order valence-corrected chi connectivity index (χ2v) is 5.39. The van der Waals surface area contributed by atoms with Crippen LogP contribution in [0, 0.1) is 5.82 Å². The van der Waals surface area contributed by atoms with Crippen LogP contribution in [0.25, 0.3) is 0 Å². The molecule has 1 aromatic rings. The number of benzene rings is 1. The molecule has 0 amide bonds. The van der Waals surface area contributed by atoms with Crippen molar-refractivity contribution in [1.82, 2.24) is 4.90 Å². The highest BCUT2D eigenvalue weighted by atomic mass is 19.1. The zero-order chi connectivity index (χ0) is 15.2. The lowest BCUT2D eigenvalue weighted by Crippen LogP contribution is -2.39. The third-order valence-electron chi connectivity index (χ3n) is 3.97. The van der Waals surface area contributed by atoms with E-state index in [1.165, 1.54) is 26.0 Å². The molecule has 116 valence electrons. The van der Waals surface area contributed by atoms with Crippen molar-refractivity contribution in [3.05, 3.63) is 29.6 Å². The molecule has 5 nitrogen and oxygen atoms in total. The molecule has 1 aromatic carbocycles. The number of amidine groups is 1. The maximum absolute atomic E-state index is 14.1. The molecule has 0 bridgehead atoms. The Labute approximate surface area is 124 Å². The second kappa shape index (κ2) is 7.26. The summed E-state index contributed by atoms with van der Waals surface area (Å²) in [6, 6.07) is 5.20. The van der Waals surface area contributed by atoms with E-state index in [2.05, 4.69) is 10.1 Å². The first kappa shape index (κ1) is 15.6. The van der Waals surface area contributed by atoms with Crippen molar-refractivity contribution >= 4 is 5.84 Å². The molecule has 0 radical (unpaired) electrons. The van der Waals surface area contributed by atoms with Crippen LogP contribution in [-0.4, -0.2) is 35.6 Å². The van der Waals surface area contributed by atoms with E-state index in [-0.39, 0.29) is 11.7 Å². The quantitative estimate of drug-likeness (QED) is 0.366. The Morgan fingerprint density at radius 3 is 2.76 bits per heavy atom. The fourth-order valence-corrected chi connectivity index (χ4v) is 2.83. The Bertz CT molecular complexity index is 502. The van der Waals surface area contributed by atoms with Gasteiger partial charge in [0.2, 0.25) is 0 Å². The molecule has 0 aliphatic heterocycles. The Morgan fingerprint density at radius 2 is 2.19 bits per heavy atom. The molecule has 0 aromatic heterocycles. The minimum absolute atomic E-state index is 0.149. The molecule has 0 saturated heterocycles. The summed E-state index contributed by atoms with van der Waals surface area (Å²) in [5.41, 5.74) is 6.21. The normalized spacial score (nSPS) is 16.6. The van der Waals surface area contributed by atoms with Gasteiger partial charge < -0.3 is 15.7 Å². The Morgan fingerprint density at radius 1 is 1.48 bits per heavy atom. The first-order valence-corrected chi connectivity index (χ1v) is 7.17. The van der Waals surface area contributed by atoms with Gasteiger partial charge in [0.1, 0.15) is 11.6 Å². The molecule has 0 unspecified atom stereocenters. The summed E-state index contributed by atoms with van der Waals surface area (Å²) in [5, 5.41) is 11.8. The molecule has 1 aliphatic carbocycles. The van der Waals surface area contributed by atoms with Crippen molar-refractivity contribution in [2.45, 2.75) is 38.3 Å². The van der Waals surface area contributed by atoms with Crippen molar-refractivity contribution in [3.8, 4) is 5.75 Å². The van der Waals surface area contributed by atoms with Gasteiger partial charge in [0, 0.05) is 24.2 Å². The average molecular weight is 295 g/mol. The van der Waals surface area contributed by atoms with Gasteiger partial charge in [-0.1, -0.05) is 24.1 Å². The monoisotopic (exact) mass is 295 g/mol. The van der Waals surface area contributed by atoms with Gasteiger partial charge in [-0.15, -0.1) is 0 Å². The SMILES string of the molecule is COc1ccc(CN(C/C(N)=N/O)C2CCCC2)c(F)c1. The predicted molar refractivity (Wildman–Crippen MR) is 79.0 cm³/mol. The van der Waals surface area contributed by atoms with Crippen molar-refractivity contribution in [1.29, 1.82) is 0 Å². The molecule has 6 heteroatoms. The van der Waals surface area contributed by atoms with Gasteiger partial charge in [0.15, 0.2) is 5.84 Å². The number of nitrogens with zero attached hydrogens (tertiary/aromatic N) is 2. The number of methoxy groups -OCH3 is 1. The van der Waals surface area contributed by atoms with Gasteiger partial charge in [-0.2, -0.15) is 0 Å². The summed E-state index contributed by atoms with van der Waals surface area (Å²) in [4.78, 5) is 2.08. The maximum atomic E-state index is 14.1. The lowest BCUT2D eigenvalue weighted by molar-refractivity contribution is 0.211. The van der Waals surface area contributed by atoms with Crippen LogP contribution in [0.2, 0.25) is 0 Å². The third-order valence-corrected chi connectivity index (χ3v) is 3.97. The molecule has 0 heterocycles. The summed E-state index contributed by atoms with van der Waals surface area (Å²) in [6.07, 6.45) is 4.47. The van der Waals surface area contributed by atoms with E-state index in [0.29, 0.717) is 30.4 Å². The van der Waals surface area contributed by atoms with Gasteiger partial charge in [-0.05, 0) is 18.9 Å². The van der Waals surface area contributed by atoms with Gasteiger partial charge >= 0.3 is 0 Å². The van der Waals surface area contributed by atoms with Crippen molar-refractivity contribution < 1.29 is 14.3 Å². The van der Waals surface area contributed by atoms with E-state index < -0.39 is 0 Å². The van der Waals surface area contributed by atoms with E-state index in [1.54, 1.807) is 12.1 Å². The first-order valence-electron chi connectivity index (χ1n) is 7.17. The molecule has 1 aliphatic rings. The largest absolute Gasteiger partial charge is 0.497 e. The molecule has 1 saturated carbocycles. The van der Waals surface area contributed by atoms with Crippen LogP contribution in [-0.2, 0) is 6.54 Å². The van der Waals surface area contributed by atoms with Crippen LogP contribution in [0.5, 0.6) is 5.75 Å². The van der Waals surface area contributed by atoms with Gasteiger partial charge in [-0.25, -0.2) is 4.39 Å². The molecule has 0 spiro atoms.